The van der Waals surface area contributed by atoms with Gasteiger partial charge in [-0.1, -0.05) is 12.1 Å². The molecule has 0 saturated heterocycles. The number of rotatable bonds is 4. The highest BCUT2D eigenvalue weighted by Crippen LogP contribution is 2.25. The Hall–Kier alpha value is -1.95. The van der Waals surface area contributed by atoms with Crippen molar-refractivity contribution in [3.8, 4) is 0 Å². The van der Waals surface area contributed by atoms with Crippen molar-refractivity contribution < 1.29 is 9.18 Å². The van der Waals surface area contributed by atoms with Gasteiger partial charge in [-0.3, -0.25) is 0 Å². The van der Waals surface area contributed by atoms with Gasteiger partial charge in [0.1, 0.15) is 5.82 Å². The molecule has 2 rings (SSSR count). The molecule has 4 nitrogen and oxygen atoms in total. The molecule has 1 aromatic heterocycles. The molecule has 0 unspecified atom stereocenters. The van der Waals surface area contributed by atoms with Gasteiger partial charge in [-0.15, -0.1) is 11.3 Å². The summed E-state index contributed by atoms with van der Waals surface area (Å²) in [5, 5.41) is 3.79. The van der Waals surface area contributed by atoms with E-state index in [2.05, 4.69) is 10.3 Å². The predicted octanol–water partition coefficient (Wildman–Crippen LogP) is 3.80. The molecule has 0 spiro atoms. The number of urea groups is 1. The van der Waals surface area contributed by atoms with Gasteiger partial charge in [0.2, 0.25) is 0 Å². The van der Waals surface area contributed by atoms with Crippen molar-refractivity contribution in [3.05, 3.63) is 51.2 Å². The minimum Gasteiger partial charge on any atom is -0.334 e. The van der Waals surface area contributed by atoms with Gasteiger partial charge in [-0.2, -0.15) is 0 Å². The Morgan fingerprint density at radius 2 is 2.18 bits per heavy atom. The van der Waals surface area contributed by atoms with E-state index in [1.807, 2.05) is 20.8 Å². The minimum atomic E-state index is -0.304. The number of hydrogen-bond acceptors (Lipinski definition) is 3. The Morgan fingerprint density at radius 1 is 1.45 bits per heavy atom. The first-order valence-corrected chi connectivity index (χ1v) is 7.89. The van der Waals surface area contributed by atoms with Gasteiger partial charge in [0.25, 0.3) is 0 Å². The highest BCUT2D eigenvalue weighted by atomic mass is 32.1. The zero-order chi connectivity index (χ0) is 16.3. The summed E-state index contributed by atoms with van der Waals surface area (Å²) < 4.78 is 13.1. The fourth-order valence-electron chi connectivity index (χ4n) is 2.24. The standard InChI is InChI=1S/C16H20FN3OS/c1-10(15-11(2)22-12(3)19-15)20(4)16(21)18-9-13-6-5-7-14(17)8-13/h5-8,10H,9H2,1-4H3,(H,18,21)/t10-/m1/s1. The van der Waals surface area contributed by atoms with E-state index in [4.69, 9.17) is 0 Å². The van der Waals surface area contributed by atoms with E-state index >= 15 is 0 Å². The van der Waals surface area contributed by atoms with Crippen LogP contribution in [0.25, 0.3) is 0 Å². The first-order chi connectivity index (χ1) is 10.4. The van der Waals surface area contributed by atoms with Crippen molar-refractivity contribution in [2.24, 2.45) is 0 Å². The second-order valence-electron chi connectivity index (χ2n) is 5.25. The monoisotopic (exact) mass is 321 g/mol. The molecule has 0 aliphatic rings. The van der Waals surface area contributed by atoms with E-state index in [-0.39, 0.29) is 17.9 Å². The van der Waals surface area contributed by atoms with Gasteiger partial charge in [-0.25, -0.2) is 14.2 Å². The molecular formula is C16H20FN3OS. The third-order valence-corrected chi connectivity index (χ3v) is 4.47. The lowest BCUT2D eigenvalue weighted by molar-refractivity contribution is 0.193. The van der Waals surface area contributed by atoms with Crippen molar-refractivity contribution in [2.75, 3.05) is 7.05 Å². The Morgan fingerprint density at radius 3 is 2.77 bits per heavy atom. The largest absolute Gasteiger partial charge is 0.334 e. The van der Waals surface area contributed by atoms with Gasteiger partial charge in [0.15, 0.2) is 0 Å². The van der Waals surface area contributed by atoms with Crippen LogP contribution in [-0.4, -0.2) is 23.0 Å². The summed E-state index contributed by atoms with van der Waals surface area (Å²) in [6.07, 6.45) is 0. The molecular weight excluding hydrogens is 301 g/mol. The molecule has 1 atom stereocenters. The number of carbonyl (C=O) groups excluding carboxylic acids is 1. The second kappa shape index (κ2) is 6.87. The van der Waals surface area contributed by atoms with Crippen molar-refractivity contribution >= 4 is 17.4 Å². The van der Waals surface area contributed by atoms with Crippen molar-refractivity contribution in [2.45, 2.75) is 33.4 Å². The van der Waals surface area contributed by atoms with Gasteiger partial charge in [0.05, 0.1) is 16.7 Å². The van der Waals surface area contributed by atoms with Crippen LogP contribution in [0.1, 0.15) is 34.1 Å². The molecule has 1 N–H and O–H groups in total. The second-order valence-corrected chi connectivity index (χ2v) is 6.66. The maximum atomic E-state index is 13.1. The molecule has 0 aliphatic heterocycles. The topological polar surface area (TPSA) is 45.2 Å². The molecule has 1 aromatic carbocycles. The average molecular weight is 321 g/mol. The number of nitrogens with zero attached hydrogens (tertiary/aromatic N) is 2. The van der Waals surface area contributed by atoms with Crippen LogP contribution in [0.4, 0.5) is 9.18 Å². The molecule has 2 aromatic rings. The molecule has 0 fully saturated rings. The highest BCUT2D eigenvalue weighted by Gasteiger charge is 2.21. The molecule has 6 heteroatoms. The summed E-state index contributed by atoms with van der Waals surface area (Å²) in [4.78, 5) is 19.5. The summed E-state index contributed by atoms with van der Waals surface area (Å²) >= 11 is 1.63. The number of thiazole rings is 1. The molecule has 0 radical (unpaired) electrons. The van der Waals surface area contributed by atoms with Crippen molar-refractivity contribution in [1.29, 1.82) is 0 Å². The minimum absolute atomic E-state index is 0.113. The molecule has 22 heavy (non-hydrogen) atoms. The number of hydrogen-bond donors (Lipinski definition) is 1. The van der Waals surface area contributed by atoms with Crippen molar-refractivity contribution in [3.63, 3.8) is 0 Å². The molecule has 0 saturated carbocycles. The van der Waals surface area contributed by atoms with Crippen LogP contribution in [0.2, 0.25) is 0 Å². The lowest BCUT2D eigenvalue weighted by Gasteiger charge is -2.24. The summed E-state index contributed by atoms with van der Waals surface area (Å²) in [5.74, 6) is -0.304. The van der Waals surface area contributed by atoms with Crippen LogP contribution in [0.5, 0.6) is 0 Å². The SMILES string of the molecule is Cc1nc([C@@H](C)N(C)C(=O)NCc2cccc(F)c2)c(C)s1. The normalized spacial score (nSPS) is 12.0. The highest BCUT2D eigenvalue weighted by molar-refractivity contribution is 7.11. The molecule has 118 valence electrons. The first-order valence-electron chi connectivity index (χ1n) is 7.07. The molecule has 0 bridgehead atoms. The van der Waals surface area contributed by atoms with Gasteiger partial charge in [-0.05, 0) is 38.5 Å². The van der Waals surface area contributed by atoms with Crippen LogP contribution in [0, 0.1) is 19.7 Å². The lowest BCUT2D eigenvalue weighted by atomic mass is 10.2. The number of benzene rings is 1. The van der Waals surface area contributed by atoms with E-state index in [1.165, 1.54) is 12.1 Å². The van der Waals surface area contributed by atoms with E-state index in [9.17, 15) is 9.18 Å². The smallest absolute Gasteiger partial charge is 0.317 e. The number of aryl methyl sites for hydroxylation is 2. The quantitative estimate of drug-likeness (QED) is 0.931. The summed E-state index contributed by atoms with van der Waals surface area (Å²) in [6, 6.07) is 5.88. The van der Waals surface area contributed by atoms with Crippen LogP contribution >= 0.6 is 11.3 Å². The van der Waals surface area contributed by atoms with Crippen LogP contribution < -0.4 is 5.32 Å². The number of amides is 2. The Kier molecular flexibility index (Phi) is 5.13. The van der Waals surface area contributed by atoms with E-state index in [1.54, 1.807) is 35.4 Å². The predicted molar refractivity (Wildman–Crippen MR) is 86.4 cm³/mol. The van der Waals surface area contributed by atoms with E-state index in [0.717, 1.165) is 21.1 Å². The fraction of sp³-hybridized carbons (Fsp3) is 0.375. The molecule has 2 amide bonds. The van der Waals surface area contributed by atoms with Gasteiger partial charge >= 0.3 is 6.03 Å². The Balaban J connectivity index is 1.98. The maximum absolute atomic E-state index is 13.1. The van der Waals surface area contributed by atoms with Crippen LogP contribution in [0.3, 0.4) is 0 Å². The Bertz CT molecular complexity index is 671. The summed E-state index contributed by atoms with van der Waals surface area (Å²) in [7, 11) is 1.74. The van der Waals surface area contributed by atoms with Crippen molar-refractivity contribution in [1.82, 2.24) is 15.2 Å². The van der Waals surface area contributed by atoms with E-state index in [0.29, 0.717) is 6.54 Å². The third-order valence-electron chi connectivity index (χ3n) is 3.57. The van der Waals surface area contributed by atoms with Crippen LogP contribution in [-0.2, 0) is 6.54 Å². The number of halogens is 1. The number of carbonyl (C=O) groups is 1. The Labute approximate surface area is 134 Å². The number of nitrogens with one attached hydrogen (secondary N) is 1. The number of aromatic nitrogens is 1. The molecule has 1 heterocycles. The average Bonchev–Trinajstić information content (AvgIpc) is 2.82. The maximum Gasteiger partial charge on any atom is 0.317 e. The zero-order valence-corrected chi connectivity index (χ0v) is 14.0. The van der Waals surface area contributed by atoms with Gasteiger partial charge in [0, 0.05) is 18.5 Å². The van der Waals surface area contributed by atoms with E-state index < -0.39 is 0 Å². The zero-order valence-electron chi connectivity index (χ0n) is 13.2. The summed E-state index contributed by atoms with van der Waals surface area (Å²) in [6.45, 7) is 6.21. The molecule has 0 aliphatic carbocycles. The van der Waals surface area contributed by atoms with Crippen LogP contribution in [0.15, 0.2) is 24.3 Å². The summed E-state index contributed by atoms with van der Waals surface area (Å²) in [5.41, 5.74) is 1.65. The fourth-order valence-corrected chi connectivity index (χ4v) is 3.15. The first kappa shape index (κ1) is 16.4. The van der Waals surface area contributed by atoms with Gasteiger partial charge < -0.3 is 10.2 Å². The third kappa shape index (κ3) is 3.82. The lowest BCUT2D eigenvalue weighted by Crippen LogP contribution is -2.38.